The minimum Gasteiger partial charge on any atom is -0.354 e. The first-order valence-electron chi connectivity index (χ1n) is 6.98. The Labute approximate surface area is 120 Å². The van der Waals surface area contributed by atoms with Crippen LogP contribution in [0.15, 0.2) is 0 Å². The molecule has 4 N–H and O–H groups in total. The number of hydrogen-bond acceptors (Lipinski definition) is 3. The summed E-state index contributed by atoms with van der Waals surface area (Å²) in [4.78, 5) is 23.3. The van der Waals surface area contributed by atoms with Crippen molar-refractivity contribution >= 4 is 24.2 Å². The Balaban J connectivity index is 0.00000180. The number of halogens is 1. The van der Waals surface area contributed by atoms with Gasteiger partial charge >= 0.3 is 0 Å². The van der Waals surface area contributed by atoms with Gasteiger partial charge in [-0.15, -0.1) is 12.4 Å². The molecule has 110 valence electrons. The largest absolute Gasteiger partial charge is 0.354 e. The molecule has 2 fully saturated rings. The number of nitrogens with one attached hydrogen (secondary N) is 2. The Hall–Kier alpha value is -0.810. The van der Waals surface area contributed by atoms with Gasteiger partial charge in [0, 0.05) is 24.9 Å². The summed E-state index contributed by atoms with van der Waals surface area (Å²) in [6, 6.07) is 0. The van der Waals surface area contributed by atoms with Crippen LogP contribution in [0.25, 0.3) is 0 Å². The average molecular weight is 290 g/mol. The van der Waals surface area contributed by atoms with E-state index in [2.05, 4.69) is 10.6 Å². The van der Waals surface area contributed by atoms with E-state index in [1.54, 1.807) is 0 Å². The van der Waals surface area contributed by atoms with Gasteiger partial charge in [-0.1, -0.05) is 6.42 Å². The van der Waals surface area contributed by atoms with Gasteiger partial charge in [0.05, 0.1) is 0 Å². The van der Waals surface area contributed by atoms with Crippen LogP contribution in [0.1, 0.15) is 32.1 Å². The lowest BCUT2D eigenvalue weighted by molar-refractivity contribution is -0.126. The van der Waals surface area contributed by atoms with Gasteiger partial charge in [0.25, 0.3) is 0 Å². The van der Waals surface area contributed by atoms with E-state index in [-0.39, 0.29) is 36.1 Å². The van der Waals surface area contributed by atoms with Crippen molar-refractivity contribution < 1.29 is 9.59 Å². The summed E-state index contributed by atoms with van der Waals surface area (Å²) in [6.07, 6.45) is 5.13. The van der Waals surface area contributed by atoms with E-state index in [0.717, 1.165) is 32.1 Å². The average Bonchev–Trinajstić information content (AvgIpc) is 3.11. The molecule has 2 saturated carbocycles. The molecular weight excluding hydrogens is 266 g/mol. The van der Waals surface area contributed by atoms with Crippen molar-refractivity contribution in [2.24, 2.45) is 23.5 Å². The van der Waals surface area contributed by atoms with Crippen molar-refractivity contribution in [3.05, 3.63) is 0 Å². The molecule has 2 aliphatic carbocycles. The van der Waals surface area contributed by atoms with Gasteiger partial charge in [-0.05, 0) is 38.1 Å². The fraction of sp³-hybridized carbons (Fsp3) is 0.846. The Bertz CT molecular complexity index is 321. The van der Waals surface area contributed by atoms with Crippen molar-refractivity contribution in [2.75, 3.05) is 19.6 Å². The number of carbonyl (C=O) groups excluding carboxylic acids is 2. The Morgan fingerprint density at radius 3 is 2.21 bits per heavy atom. The lowest BCUT2D eigenvalue weighted by Gasteiger charge is -2.17. The zero-order valence-corrected chi connectivity index (χ0v) is 12.0. The molecule has 2 rings (SSSR count). The van der Waals surface area contributed by atoms with Gasteiger partial charge in [0.2, 0.25) is 11.8 Å². The Morgan fingerprint density at radius 1 is 1.00 bits per heavy atom. The van der Waals surface area contributed by atoms with Crippen LogP contribution in [0.3, 0.4) is 0 Å². The van der Waals surface area contributed by atoms with E-state index in [9.17, 15) is 9.59 Å². The van der Waals surface area contributed by atoms with Crippen LogP contribution in [0, 0.1) is 17.8 Å². The highest BCUT2D eigenvalue weighted by molar-refractivity contribution is 5.85. The van der Waals surface area contributed by atoms with E-state index in [4.69, 9.17) is 5.73 Å². The zero-order valence-electron chi connectivity index (χ0n) is 11.2. The van der Waals surface area contributed by atoms with E-state index < -0.39 is 0 Å². The highest BCUT2D eigenvalue weighted by Crippen LogP contribution is 2.31. The summed E-state index contributed by atoms with van der Waals surface area (Å²) in [7, 11) is 0. The summed E-state index contributed by atoms with van der Waals surface area (Å²) >= 11 is 0. The Kier molecular flexibility index (Phi) is 6.58. The van der Waals surface area contributed by atoms with Crippen LogP contribution in [0.2, 0.25) is 0 Å². The second-order valence-electron chi connectivity index (χ2n) is 5.39. The van der Waals surface area contributed by atoms with Crippen molar-refractivity contribution in [3.8, 4) is 0 Å². The SMILES string of the molecule is Cl.NC[C@H]1CCC[C@H]1C(=O)NCCNC(=O)C1CC1. The molecule has 5 nitrogen and oxygen atoms in total. The third-order valence-electron chi connectivity index (χ3n) is 3.97. The van der Waals surface area contributed by atoms with Crippen molar-refractivity contribution in [3.63, 3.8) is 0 Å². The number of nitrogens with two attached hydrogens (primary N) is 1. The summed E-state index contributed by atoms with van der Waals surface area (Å²) in [6.45, 7) is 1.64. The van der Waals surface area contributed by atoms with Gasteiger partial charge in [0.1, 0.15) is 0 Å². The van der Waals surface area contributed by atoms with E-state index in [1.165, 1.54) is 0 Å². The molecule has 0 saturated heterocycles. The van der Waals surface area contributed by atoms with Crippen LogP contribution in [-0.4, -0.2) is 31.4 Å². The molecule has 6 heteroatoms. The predicted octanol–water partition coefficient (Wildman–Crippen LogP) is 0.426. The summed E-state index contributed by atoms with van der Waals surface area (Å²) in [5.41, 5.74) is 5.66. The van der Waals surface area contributed by atoms with E-state index >= 15 is 0 Å². The molecule has 0 aliphatic heterocycles. The molecule has 0 aromatic rings. The smallest absolute Gasteiger partial charge is 0.223 e. The fourth-order valence-electron chi connectivity index (χ4n) is 2.66. The molecule has 0 spiro atoms. The first-order chi connectivity index (χ1) is 8.72. The van der Waals surface area contributed by atoms with E-state index in [1.807, 2.05) is 0 Å². The zero-order chi connectivity index (χ0) is 13.0. The highest BCUT2D eigenvalue weighted by atomic mass is 35.5. The van der Waals surface area contributed by atoms with E-state index in [0.29, 0.717) is 25.6 Å². The van der Waals surface area contributed by atoms with Crippen molar-refractivity contribution in [1.29, 1.82) is 0 Å². The minimum absolute atomic E-state index is 0. The van der Waals surface area contributed by atoms with Gasteiger partial charge in [0.15, 0.2) is 0 Å². The summed E-state index contributed by atoms with van der Waals surface area (Å²) in [5.74, 6) is 0.880. The normalized spacial score (nSPS) is 25.5. The molecular formula is C13H24ClN3O2. The maximum atomic E-state index is 11.9. The first-order valence-corrected chi connectivity index (χ1v) is 6.98. The maximum absolute atomic E-state index is 11.9. The molecule has 19 heavy (non-hydrogen) atoms. The summed E-state index contributed by atoms with van der Waals surface area (Å²) in [5, 5.41) is 5.73. The van der Waals surface area contributed by atoms with Crippen LogP contribution in [0.4, 0.5) is 0 Å². The molecule has 0 radical (unpaired) electrons. The monoisotopic (exact) mass is 289 g/mol. The molecule has 2 amide bonds. The predicted molar refractivity (Wildman–Crippen MR) is 75.9 cm³/mol. The van der Waals surface area contributed by atoms with Gasteiger partial charge in [-0.2, -0.15) is 0 Å². The topological polar surface area (TPSA) is 84.2 Å². The van der Waals surface area contributed by atoms with Crippen LogP contribution in [0.5, 0.6) is 0 Å². The molecule has 0 unspecified atom stereocenters. The van der Waals surface area contributed by atoms with Gasteiger partial charge in [-0.3, -0.25) is 9.59 Å². The molecule has 0 aromatic carbocycles. The molecule has 2 aliphatic rings. The third kappa shape index (κ3) is 4.66. The molecule has 0 bridgehead atoms. The van der Waals surface area contributed by atoms with Crippen molar-refractivity contribution in [2.45, 2.75) is 32.1 Å². The summed E-state index contributed by atoms with van der Waals surface area (Å²) < 4.78 is 0. The minimum atomic E-state index is 0. The van der Waals surface area contributed by atoms with Crippen molar-refractivity contribution in [1.82, 2.24) is 10.6 Å². The third-order valence-corrected chi connectivity index (χ3v) is 3.97. The Morgan fingerprint density at radius 2 is 1.63 bits per heavy atom. The van der Waals surface area contributed by atoms with Crippen LogP contribution >= 0.6 is 12.4 Å². The van der Waals surface area contributed by atoms with Crippen LogP contribution in [-0.2, 0) is 9.59 Å². The van der Waals surface area contributed by atoms with Gasteiger partial charge in [-0.25, -0.2) is 0 Å². The molecule has 0 heterocycles. The van der Waals surface area contributed by atoms with Crippen LogP contribution < -0.4 is 16.4 Å². The highest BCUT2D eigenvalue weighted by Gasteiger charge is 2.32. The molecule has 0 aromatic heterocycles. The number of rotatable bonds is 6. The standard InChI is InChI=1S/C13H23N3O2.ClH/c14-8-10-2-1-3-11(10)13(18)16-7-6-15-12(17)9-4-5-9;/h9-11H,1-8,14H2,(H,15,17)(H,16,18);1H/t10-,11-;/m1./s1. The second-order valence-corrected chi connectivity index (χ2v) is 5.39. The first kappa shape index (κ1) is 16.2. The molecule has 2 atom stereocenters. The van der Waals surface area contributed by atoms with Gasteiger partial charge < -0.3 is 16.4 Å². The number of carbonyl (C=O) groups is 2. The lowest BCUT2D eigenvalue weighted by atomic mass is 9.95. The number of amides is 2. The maximum Gasteiger partial charge on any atom is 0.223 e. The second kappa shape index (κ2) is 7.70. The fourth-order valence-corrected chi connectivity index (χ4v) is 2.66. The number of hydrogen-bond donors (Lipinski definition) is 3. The lowest BCUT2D eigenvalue weighted by Crippen LogP contribution is -2.39. The quantitative estimate of drug-likeness (QED) is 0.620.